The molecule has 1 heterocycles. The van der Waals surface area contributed by atoms with Crippen molar-refractivity contribution in [2.45, 2.75) is 19.3 Å². The molecule has 3 aromatic rings. The van der Waals surface area contributed by atoms with Gasteiger partial charge in [0.25, 0.3) is 0 Å². The summed E-state index contributed by atoms with van der Waals surface area (Å²) in [5, 5.41) is 16.6. The number of halogens is 1. The van der Waals surface area contributed by atoms with E-state index in [0.717, 1.165) is 5.56 Å². The number of para-hydroxylation sites is 2. The fourth-order valence-electron chi connectivity index (χ4n) is 2.55. The van der Waals surface area contributed by atoms with E-state index in [1.807, 2.05) is 19.1 Å². The van der Waals surface area contributed by atoms with Crippen molar-refractivity contribution < 1.29 is 13.9 Å². The number of ether oxygens (including phenoxy) is 1. The second kappa shape index (κ2) is 8.19. The molecule has 0 aliphatic heterocycles. The second-order valence-electron chi connectivity index (χ2n) is 5.57. The van der Waals surface area contributed by atoms with Crippen LogP contribution in [0.3, 0.4) is 0 Å². The minimum Gasteiger partial charge on any atom is -0.492 e. The van der Waals surface area contributed by atoms with Crippen LogP contribution in [0.25, 0.3) is 0 Å². The quantitative estimate of drug-likeness (QED) is 0.680. The van der Waals surface area contributed by atoms with Crippen molar-refractivity contribution >= 4 is 11.6 Å². The normalized spacial score (nSPS) is 11.8. The fraction of sp³-hybridized carbons (Fsp3) is 0.222. The van der Waals surface area contributed by atoms with Gasteiger partial charge in [-0.2, -0.15) is 5.21 Å². The molecule has 1 aromatic heterocycles. The highest BCUT2D eigenvalue weighted by Crippen LogP contribution is 2.26. The number of rotatable bonds is 7. The van der Waals surface area contributed by atoms with Gasteiger partial charge < -0.3 is 10.1 Å². The number of anilines is 1. The van der Waals surface area contributed by atoms with Gasteiger partial charge in [-0.15, -0.1) is 10.2 Å². The largest absolute Gasteiger partial charge is 0.492 e. The van der Waals surface area contributed by atoms with E-state index in [4.69, 9.17) is 4.74 Å². The first-order valence-corrected chi connectivity index (χ1v) is 8.18. The summed E-state index contributed by atoms with van der Waals surface area (Å²) in [7, 11) is 0. The number of benzene rings is 2. The molecule has 0 saturated heterocycles. The molecule has 1 unspecified atom stereocenters. The summed E-state index contributed by atoms with van der Waals surface area (Å²) < 4.78 is 18.7. The van der Waals surface area contributed by atoms with Crippen molar-refractivity contribution in [1.29, 1.82) is 0 Å². The van der Waals surface area contributed by atoms with Crippen molar-refractivity contribution in [3.63, 3.8) is 0 Å². The number of aromatic nitrogens is 4. The van der Waals surface area contributed by atoms with Crippen LogP contribution in [0.5, 0.6) is 5.75 Å². The van der Waals surface area contributed by atoms with Crippen LogP contribution in [0.4, 0.5) is 10.1 Å². The fourth-order valence-corrected chi connectivity index (χ4v) is 2.55. The molecule has 0 saturated carbocycles. The highest BCUT2D eigenvalue weighted by molar-refractivity contribution is 5.96. The van der Waals surface area contributed by atoms with Crippen molar-refractivity contribution in [3.8, 4) is 5.75 Å². The molecule has 0 spiro atoms. The van der Waals surface area contributed by atoms with Crippen LogP contribution in [0.1, 0.15) is 24.2 Å². The Labute approximate surface area is 149 Å². The molecule has 0 fully saturated rings. The maximum Gasteiger partial charge on any atom is 0.235 e. The van der Waals surface area contributed by atoms with E-state index < -0.39 is 5.92 Å². The van der Waals surface area contributed by atoms with Crippen LogP contribution in [0.15, 0.2) is 48.5 Å². The van der Waals surface area contributed by atoms with Crippen LogP contribution in [0.2, 0.25) is 0 Å². The minimum absolute atomic E-state index is 0.265. The Morgan fingerprint density at radius 2 is 2.00 bits per heavy atom. The molecule has 2 N–H and O–H groups in total. The lowest BCUT2D eigenvalue weighted by Crippen LogP contribution is -2.24. The Bertz CT molecular complexity index is 852. The monoisotopic (exact) mass is 355 g/mol. The summed E-state index contributed by atoms with van der Waals surface area (Å²) in [5.74, 6) is -0.477. The Kier molecular flexibility index (Phi) is 5.52. The Balaban J connectivity index is 1.83. The van der Waals surface area contributed by atoms with Crippen LogP contribution < -0.4 is 10.1 Å². The maximum absolute atomic E-state index is 13.1. The zero-order valence-electron chi connectivity index (χ0n) is 14.1. The molecule has 8 heteroatoms. The van der Waals surface area contributed by atoms with Gasteiger partial charge in [0.1, 0.15) is 17.5 Å². The number of nitrogens with zero attached hydrogens (tertiary/aromatic N) is 3. The standard InChI is InChI=1S/C18H18FN5O2/c1-2-26-16-6-4-3-5-15(16)20-18(25)14(17-21-23-24-22-17)11-12-7-9-13(19)10-8-12/h3-10,14H,2,11H2,1H3,(H,20,25)(H,21,22,23,24). The van der Waals surface area contributed by atoms with Gasteiger partial charge in [0.05, 0.1) is 12.3 Å². The Morgan fingerprint density at radius 1 is 1.23 bits per heavy atom. The molecule has 1 atom stereocenters. The molecule has 3 rings (SSSR count). The number of hydrogen-bond donors (Lipinski definition) is 2. The second-order valence-corrected chi connectivity index (χ2v) is 5.57. The molecule has 134 valence electrons. The third kappa shape index (κ3) is 4.21. The van der Waals surface area contributed by atoms with E-state index in [0.29, 0.717) is 24.5 Å². The predicted octanol–water partition coefficient (Wildman–Crippen LogP) is 2.70. The SMILES string of the molecule is CCOc1ccccc1NC(=O)C(Cc1ccc(F)cc1)c1nn[nH]n1. The average molecular weight is 355 g/mol. The lowest BCUT2D eigenvalue weighted by molar-refractivity contribution is -0.117. The third-order valence-corrected chi connectivity index (χ3v) is 3.79. The number of tetrazole rings is 1. The van der Waals surface area contributed by atoms with E-state index in [1.54, 1.807) is 24.3 Å². The smallest absolute Gasteiger partial charge is 0.235 e. The van der Waals surface area contributed by atoms with Crippen LogP contribution >= 0.6 is 0 Å². The lowest BCUT2D eigenvalue weighted by Gasteiger charge is -2.16. The topological polar surface area (TPSA) is 92.8 Å². The highest BCUT2D eigenvalue weighted by atomic mass is 19.1. The molecule has 0 aliphatic rings. The number of nitrogens with one attached hydrogen (secondary N) is 2. The van der Waals surface area contributed by atoms with Crippen LogP contribution in [-0.2, 0) is 11.2 Å². The summed E-state index contributed by atoms with van der Waals surface area (Å²) in [6, 6.07) is 13.1. The molecule has 1 amide bonds. The minimum atomic E-state index is -0.686. The Morgan fingerprint density at radius 3 is 2.69 bits per heavy atom. The molecule has 26 heavy (non-hydrogen) atoms. The molecule has 0 radical (unpaired) electrons. The van der Waals surface area contributed by atoms with Crippen molar-refractivity contribution in [2.75, 3.05) is 11.9 Å². The van der Waals surface area contributed by atoms with Gasteiger partial charge in [-0.1, -0.05) is 29.5 Å². The Hall–Kier alpha value is -3.29. The number of amides is 1. The third-order valence-electron chi connectivity index (χ3n) is 3.79. The van der Waals surface area contributed by atoms with Crippen molar-refractivity contribution in [3.05, 3.63) is 65.7 Å². The maximum atomic E-state index is 13.1. The first-order valence-electron chi connectivity index (χ1n) is 8.18. The van der Waals surface area contributed by atoms with Gasteiger partial charge in [0.15, 0.2) is 5.82 Å². The van der Waals surface area contributed by atoms with Gasteiger partial charge in [-0.05, 0) is 43.2 Å². The van der Waals surface area contributed by atoms with Gasteiger partial charge in [-0.25, -0.2) is 4.39 Å². The summed E-state index contributed by atoms with van der Waals surface area (Å²) in [6.45, 7) is 2.35. The number of carbonyl (C=O) groups excluding carboxylic acids is 1. The van der Waals surface area contributed by atoms with Gasteiger partial charge in [0, 0.05) is 0 Å². The zero-order chi connectivity index (χ0) is 18.4. The molecule has 0 aliphatic carbocycles. The summed E-state index contributed by atoms with van der Waals surface area (Å²) in [5.41, 5.74) is 1.35. The van der Waals surface area contributed by atoms with Crippen molar-refractivity contribution in [2.24, 2.45) is 0 Å². The van der Waals surface area contributed by atoms with E-state index in [1.165, 1.54) is 12.1 Å². The van der Waals surface area contributed by atoms with Gasteiger partial charge in [0.2, 0.25) is 5.91 Å². The van der Waals surface area contributed by atoms with Gasteiger partial charge in [-0.3, -0.25) is 4.79 Å². The van der Waals surface area contributed by atoms with E-state index in [9.17, 15) is 9.18 Å². The summed E-state index contributed by atoms with van der Waals surface area (Å²) >= 11 is 0. The molecule has 0 bridgehead atoms. The van der Waals surface area contributed by atoms with Gasteiger partial charge >= 0.3 is 0 Å². The first kappa shape index (κ1) is 17.5. The average Bonchev–Trinajstić information content (AvgIpc) is 3.17. The van der Waals surface area contributed by atoms with E-state index in [2.05, 4.69) is 25.9 Å². The lowest BCUT2D eigenvalue weighted by atomic mass is 9.97. The highest BCUT2D eigenvalue weighted by Gasteiger charge is 2.26. The van der Waals surface area contributed by atoms with Crippen LogP contribution in [0, 0.1) is 5.82 Å². The van der Waals surface area contributed by atoms with Crippen LogP contribution in [-0.4, -0.2) is 33.1 Å². The van der Waals surface area contributed by atoms with E-state index >= 15 is 0 Å². The number of H-pyrrole nitrogens is 1. The number of carbonyl (C=O) groups is 1. The first-order chi connectivity index (χ1) is 12.7. The summed E-state index contributed by atoms with van der Waals surface area (Å²) in [4.78, 5) is 12.9. The number of hydrogen-bond acceptors (Lipinski definition) is 5. The molecule has 2 aromatic carbocycles. The molecule has 7 nitrogen and oxygen atoms in total. The zero-order valence-corrected chi connectivity index (χ0v) is 14.1. The number of aromatic amines is 1. The van der Waals surface area contributed by atoms with E-state index in [-0.39, 0.29) is 17.5 Å². The molecular weight excluding hydrogens is 337 g/mol. The summed E-state index contributed by atoms with van der Waals surface area (Å²) in [6.07, 6.45) is 0.308. The molecular formula is C18H18FN5O2. The van der Waals surface area contributed by atoms with Crippen molar-refractivity contribution in [1.82, 2.24) is 20.6 Å². The predicted molar refractivity (Wildman–Crippen MR) is 93.3 cm³/mol.